The molecule has 19 heavy (non-hydrogen) atoms. The first-order chi connectivity index (χ1) is 8.44. The van der Waals surface area contributed by atoms with E-state index in [0.717, 1.165) is 12.7 Å². The molecule has 0 saturated carbocycles. The molecule has 0 N–H and O–H groups in total. The number of hydrogen-bond acceptors (Lipinski definition) is 5. The van der Waals surface area contributed by atoms with Gasteiger partial charge in [-0.25, -0.2) is 4.79 Å². The molecular formula is C12H25NO5S. The van der Waals surface area contributed by atoms with Crippen LogP contribution in [0, 0.1) is 0 Å². The van der Waals surface area contributed by atoms with Crippen molar-refractivity contribution in [1.29, 1.82) is 0 Å². The smallest absolute Gasteiger partial charge is 0.410 e. The molecule has 0 aromatic heterocycles. The van der Waals surface area contributed by atoms with Crippen LogP contribution in [-0.4, -0.2) is 50.5 Å². The van der Waals surface area contributed by atoms with E-state index in [-0.39, 0.29) is 6.54 Å². The molecule has 0 aromatic rings. The zero-order valence-corrected chi connectivity index (χ0v) is 13.4. The van der Waals surface area contributed by atoms with Gasteiger partial charge in [-0.2, -0.15) is 8.42 Å². The van der Waals surface area contributed by atoms with Crippen molar-refractivity contribution in [2.45, 2.75) is 52.7 Å². The largest absolute Gasteiger partial charge is 0.444 e. The molecular weight excluding hydrogens is 270 g/mol. The Kier molecular flexibility index (Phi) is 6.79. The van der Waals surface area contributed by atoms with Crippen LogP contribution in [0.15, 0.2) is 0 Å². The number of carbonyl (C=O) groups is 1. The Morgan fingerprint density at radius 2 is 1.84 bits per heavy atom. The molecule has 7 heteroatoms. The number of hydrogen-bond donors (Lipinski definition) is 0. The predicted molar refractivity (Wildman–Crippen MR) is 73.5 cm³/mol. The monoisotopic (exact) mass is 295 g/mol. The van der Waals surface area contributed by atoms with Crippen molar-refractivity contribution in [1.82, 2.24) is 4.90 Å². The van der Waals surface area contributed by atoms with E-state index in [9.17, 15) is 13.2 Å². The topological polar surface area (TPSA) is 72.9 Å². The van der Waals surface area contributed by atoms with Gasteiger partial charge in [0.2, 0.25) is 0 Å². The summed E-state index contributed by atoms with van der Waals surface area (Å²) in [5.41, 5.74) is -0.579. The molecule has 0 saturated heterocycles. The first-order valence-corrected chi connectivity index (χ1v) is 8.12. The number of amides is 1. The van der Waals surface area contributed by atoms with Gasteiger partial charge in [0.05, 0.1) is 18.9 Å². The molecule has 1 atom stereocenters. The first kappa shape index (κ1) is 18.2. The van der Waals surface area contributed by atoms with Crippen molar-refractivity contribution >= 4 is 16.2 Å². The Labute approximate surface area is 116 Å². The van der Waals surface area contributed by atoms with Crippen LogP contribution in [-0.2, 0) is 19.0 Å². The van der Waals surface area contributed by atoms with Crippen LogP contribution < -0.4 is 0 Å². The van der Waals surface area contributed by atoms with Crippen molar-refractivity contribution < 1.29 is 22.1 Å². The molecule has 0 aliphatic heterocycles. The van der Waals surface area contributed by atoms with Crippen LogP contribution in [0.5, 0.6) is 0 Å². The second-order valence-corrected chi connectivity index (χ2v) is 7.14. The van der Waals surface area contributed by atoms with Gasteiger partial charge in [0.1, 0.15) is 5.60 Å². The van der Waals surface area contributed by atoms with Gasteiger partial charge in [0, 0.05) is 6.54 Å². The fourth-order valence-corrected chi connectivity index (χ4v) is 2.15. The number of carbonyl (C=O) groups excluding carboxylic acids is 1. The minimum Gasteiger partial charge on any atom is -0.444 e. The molecule has 0 aromatic carbocycles. The minimum atomic E-state index is -3.52. The van der Waals surface area contributed by atoms with Crippen molar-refractivity contribution in [3.05, 3.63) is 0 Å². The van der Waals surface area contributed by atoms with Crippen LogP contribution in [0.3, 0.4) is 0 Å². The van der Waals surface area contributed by atoms with Crippen molar-refractivity contribution in [3.63, 3.8) is 0 Å². The average Bonchev–Trinajstić information content (AvgIpc) is 2.10. The van der Waals surface area contributed by atoms with E-state index in [2.05, 4.69) is 0 Å². The van der Waals surface area contributed by atoms with E-state index < -0.39 is 27.9 Å². The lowest BCUT2D eigenvalue weighted by Crippen LogP contribution is -2.41. The Bertz CT molecular complexity index is 385. The number of ether oxygens (including phenoxy) is 1. The Morgan fingerprint density at radius 3 is 2.21 bits per heavy atom. The molecule has 6 nitrogen and oxygen atoms in total. The van der Waals surface area contributed by atoms with Crippen molar-refractivity contribution in [3.8, 4) is 0 Å². The lowest BCUT2D eigenvalue weighted by molar-refractivity contribution is 0.0184. The summed E-state index contributed by atoms with van der Waals surface area (Å²) in [5.74, 6) is 0. The summed E-state index contributed by atoms with van der Waals surface area (Å²) in [6.07, 6.45) is 0.679. The van der Waals surface area contributed by atoms with E-state index >= 15 is 0 Å². The van der Waals surface area contributed by atoms with Crippen LogP contribution in [0.4, 0.5) is 4.79 Å². The van der Waals surface area contributed by atoms with Crippen LogP contribution in [0.1, 0.15) is 41.0 Å². The summed E-state index contributed by atoms with van der Waals surface area (Å²) >= 11 is 0. The summed E-state index contributed by atoms with van der Waals surface area (Å²) in [7, 11) is -3.52. The highest BCUT2D eigenvalue weighted by molar-refractivity contribution is 7.86. The predicted octanol–water partition coefficient (Wildman–Crippen LogP) is 2.00. The van der Waals surface area contributed by atoms with Gasteiger partial charge in [0.25, 0.3) is 10.1 Å². The third-order valence-electron chi connectivity index (χ3n) is 1.96. The number of nitrogens with zero attached hydrogens (tertiary/aromatic N) is 1. The highest BCUT2D eigenvalue weighted by Gasteiger charge is 2.24. The molecule has 0 radical (unpaired) electrons. The quantitative estimate of drug-likeness (QED) is 0.701. The molecule has 0 fully saturated rings. The van der Waals surface area contributed by atoms with Gasteiger partial charge >= 0.3 is 6.09 Å². The highest BCUT2D eigenvalue weighted by atomic mass is 32.2. The Hall–Kier alpha value is -0.820. The second-order valence-electron chi connectivity index (χ2n) is 5.54. The molecule has 0 bridgehead atoms. The molecule has 0 heterocycles. The molecule has 0 aliphatic rings. The third-order valence-corrected chi connectivity index (χ3v) is 2.64. The van der Waals surface area contributed by atoms with Crippen molar-refractivity contribution in [2.75, 3.05) is 19.3 Å². The zero-order chi connectivity index (χ0) is 15.3. The molecule has 1 amide bonds. The van der Waals surface area contributed by atoms with E-state index in [4.69, 9.17) is 8.92 Å². The maximum absolute atomic E-state index is 11.9. The lowest BCUT2D eigenvalue weighted by Gasteiger charge is -2.28. The van der Waals surface area contributed by atoms with Gasteiger partial charge in [0.15, 0.2) is 0 Å². The van der Waals surface area contributed by atoms with Crippen LogP contribution in [0.2, 0.25) is 0 Å². The van der Waals surface area contributed by atoms with Crippen LogP contribution in [0.25, 0.3) is 0 Å². The average molecular weight is 295 g/mol. The van der Waals surface area contributed by atoms with Gasteiger partial charge in [-0.3, -0.25) is 4.18 Å². The first-order valence-electron chi connectivity index (χ1n) is 6.31. The molecule has 1 unspecified atom stereocenters. The summed E-state index contributed by atoms with van der Waals surface area (Å²) in [5, 5.41) is 0. The molecule has 0 spiro atoms. The minimum absolute atomic E-state index is 0.176. The van der Waals surface area contributed by atoms with E-state index in [0.29, 0.717) is 6.54 Å². The van der Waals surface area contributed by atoms with Crippen molar-refractivity contribution in [2.24, 2.45) is 0 Å². The Morgan fingerprint density at radius 1 is 1.32 bits per heavy atom. The fraction of sp³-hybridized carbons (Fsp3) is 0.917. The van der Waals surface area contributed by atoms with Gasteiger partial charge in [-0.15, -0.1) is 0 Å². The molecule has 0 rings (SSSR count). The third kappa shape index (κ3) is 9.72. The molecule has 114 valence electrons. The standard InChI is InChI=1S/C12H25NO5S/c1-7-8-13(11(14)17-12(3,4)5)9-10(2)18-19(6,15)16/h10H,7-9H2,1-6H3. The van der Waals surface area contributed by atoms with E-state index in [1.54, 1.807) is 27.7 Å². The van der Waals surface area contributed by atoms with Gasteiger partial charge in [-0.1, -0.05) is 6.92 Å². The summed E-state index contributed by atoms with van der Waals surface area (Å²) in [6.45, 7) is 9.55. The summed E-state index contributed by atoms with van der Waals surface area (Å²) < 4.78 is 32.1. The van der Waals surface area contributed by atoms with Crippen LogP contribution >= 0.6 is 0 Å². The van der Waals surface area contributed by atoms with Gasteiger partial charge in [-0.05, 0) is 34.1 Å². The number of rotatable bonds is 6. The fourth-order valence-electron chi connectivity index (χ4n) is 1.49. The second kappa shape index (κ2) is 7.09. The highest BCUT2D eigenvalue weighted by Crippen LogP contribution is 2.11. The SMILES string of the molecule is CCCN(CC(C)OS(C)(=O)=O)C(=O)OC(C)(C)C. The lowest BCUT2D eigenvalue weighted by atomic mass is 10.2. The van der Waals surface area contributed by atoms with E-state index in [1.807, 2.05) is 6.92 Å². The summed E-state index contributed by atoms with van der Waals surface area (Å²) in [6, 6.07) is 0. The maximum atomic E-state index is 11.9. The summed E-state index contributed by atoms with van der Waals surface area (Å²) in [4.78, 5) is 13.4. The zero-order valence-electron chi connectivity index (χ0n) is 12.6. The van der Waals surface area contributed by atoms with Gasteiger partial charge < -0.3 is 9.64 Å². The van der Waals surface area contributed by atoms with E-state index in [1.165, 1.54) is 4.90 Å². The Balaban J connectivity index is 4.60. The maximum Gasteiger partial charge on any atom is 0.410 e. The molecule has 0 aliphatic carbocycles. The normalized spacial score (nSPS) is 14.0.